The minimum atomic E-state index is -4.65. The first-order valence-corrected chi connectivity index (χ1v) is 40.4. The predicted octanol–water partition coefficient (Wildman–Crippen LogP) is 25.2. The normalized spacial score (nSPS) is 13.6. The maximum Gasteiger partial charge on any atom is 0.306 e. The van der Waals surface area contributed by atoms with Gasteiger partial charge in [0.1, 0.15) is 19.8 Å². The quantitative estimate of drug-likeness (QED) is 0.0195. The summed E-state index contributed by atoms with van der Waals surface area (Å²) in [6.45, 7) is 4.16. The van der Waals surface area contributed by atoms with Crippen molar-refractivity contribution in [3.05, 3.63) is 97.2 Å². The van der Waals surface area contributed by atoms with Crippen LogP contribution in [-0.2, 0) is 32.7 Å². The molecule has 0 aliphatic heterocycles. The molecule has 0 aromatic rings. The van der Waals surface area contributed by atoms with Crippen LogP contribution < -0.4 is 4.89 Å². The van der Waals surface area contributed by atoms with Crippen LogP contribution in [-0.4, -0.2) is 70.0 Å². The van der Waals surface area contributed by atoms with Crippen molar-refractivity contribution in [3.8, 4) is 0 Å². The van der Waals surface area contributed by atoms with E-state index in [9.17, 15) is 19.0 Å². The number of hydrogen-bond donors (Lipinski definition) is 0. The highest BCUT2D eigenvalue weighted by Crippen LogP contribution is 2.38. The van der Waals surface area contributed by atoms with E-state index in [1.165, 1.54) is 244 Å². The van der Waals surface area contributed by atoms with Gasteiger partial charge >= 0.3 is 11.9 Å². The highest BCUT2D eigenvalue weighted by Gasteiger charge is 2.22. The van der Waals surface area contributed by atoms with Crippen LogP contribution in [0.15, 0.2) is 97.2 Å². The Balaban J connectivity index is 3.96. The molecule has 0 aliphatic carbocycles. The Morgan fingerprint density at radius 2 is 0.620 bits per heavy atom. The van der Waals surface area contributed by atoms with Crippen molar-refractivity contribution >= 4 is 19.8 Å². The van der Waals surface area contributed by atoms with Gasteiger partial charge < -0.3 is 27.9 Å². The molecular formula is C82H148NO8P. The average molecular weight is 1310 g/mol. The Hall–Kier alpha value is -3.07. The molecule has 92 heavy (non-hydrogen) atoms. The number of carbonyl (C=O) groups is 2. The summed E-state index contributed by atoms with van der Waals surface area (Å²) in [7, 11) is 1.18. The van der Waals surface area contributed by atoms with Gasteiger partial charge in [-0.05, 0) is 96.3 Å². The summed E-state index contributed by atoms with van der Waals surface area (Å²) in [4.78, 5) is 38.2. The van der Waals surface area contributed by atoms with E-state index >= 15 is 0 Å². The van der Waals surface area contributed by atoms with E-state index in [0.29, 0.717) is 17.4 Å². The fourth-order valence-electron chi connectivity index (χ4n) is 11.2. The number of ether oxygens (including phenoxy) is 2. The monoisotopic (exact) mass is 1310 g/mol. The third kappa shape index (κ3) is 76.0. The summed E-state index contributed by atoms with van der Waals surface area (Å²) < 4.78 is 34.4. The zero-order valence-corrected chi connectivity index (χ0v) is 61.9. The van der Waals surface area contributed by atoms with E-state index in [-0.39, 0.29) is 32.0 Å². The van der Waals surface area contributed by atoms with E-state index < -0.39 is 26.5 Å². The molecule has 0 heterocycles. The molecule has 0 rings (SSSR count). The molecule has 2 atom stereocenters. The third-order valence-electron chi connectivity index (χ3n) is 17.1. The van der Waals surface area contributed by atoms with Crippen molar-refractivity contribution in [2.45, 2.75) is 367 Å². The molecule has 0 bridgehead atoms. The van der Waals surface area contributed by atoms with Crippen LogP contribution >= 0.6 is 7.82 Å². The molecule has 0 amide bonds. The Morgan fingerprint density at radius 3 is 0.924 bits per heavy atom. The third-order valence-corrected chi connectivity index (χ3v) is 18.1. The lowest BCUT2D eigenvalue weighted by Gasteiger charge is -2.28. The zero-order chi connectivity index (χ0) is 66.9. The minimum Gasteiger partial charge on any atom is -0.756 e. The minimum absolute atomic E-state index is 0.0312. The van der Waals surface area contributed by atoms with Crippen LogP contribution in [0.1, 0.15) is 361 Å². The van der Waals surface area contributed by atoms with Crippen LogP contribution in [0.25, 0.3) is 0 Å². The highest BCUT2D eigenvalue weighted by atomic mass is 31.2. The molecule has 0 radical (unpaired) electrons. The second-order valence-electron chi connectivity index (χ2n) is 27.3. The molecule has 0 saturated carbocycles. The first-order chi connectivity index (χ1) is 45.0. The lowest BCUT2D eigenvalue weighted by Crippen LogP contribution is -2.37. The number of quaternary nitrogens is 1. The number of esters is 2. The Bertz CT molecular complexity index is 1880. The van der Waals surface area contributed by atoms with Crippen molar-refractivity contribution in [2.75, 3.05) is 47.5 Å². The van der Waals surface area contributed by atoms with Crippen LogP contribution in [0.4, 0.5) is 0 Å². The largest absolute Gasteiger partial charge is 0.756 e. The van der Waals surface area contributed by atoms with Gasteiger partial charge in [0.05, 0.1) is 27.7 Å². The molecule has 0 aromatic heterocycles. The molecule has 0 saturated heterocycles. The maximum absolute atomic E-state index is 12.9. The van der Waals surface area contributed by atoms with E-state index in [1.807, 2.05) is 21.1 Å². The highest BCUT2D eigenvalue weighted by molar-refractivity contribution is 7.45. The second-order valence-corrected chi connectivity index (χ2v) is 28.8. The second kappa shape index (κ2) is 72.2. The molecule has 0 spiro atoms. The maximum atomic E-state index is 12.9. The van der Waals surface area contributed by atoms with Gasteiger partial charge in [-0.1, -0.05) is 349 Å². The van der Waals surface area contributed by atoms with Crippen LogP contribution in [0.5, 0.6) is 0 Å². The lowest BCUT2D eigenvalue weighted by molar-refractivity contribution is -0.870. The summed E-state index contributed by atoms with van der Waals surface area (Å²) >= 11 is 0. The van der Waals surface area contributed by atoms with Gasteiger partial charge in [-0.15, -0.1) is 0 Å². The predicted molar refractivity (Wildman–Crippen MR) is 397 cm³/mol. The summed E-state index contributed by atoms with van der Waals surface area (Å²) in [6.07, 6.45) is 101. The van der Waals surface area contributed by atoms with Gasteiger partial charge in [0.2, 0.25) is 0 Å². The molecule has 0 aliphatic rings. The number of likely N-dealkylation sites (N-methyl/N-ethyl adjacent to an activating group) is 1. The molecule has 534 valence electrons. The average Bonchev–Trinajstić information content (AvgIpc) is 2.14. The number of hydrogen-bond acceptors (Lipinski definition) is 8. The smallest absolute Gasteiger partial charge is 0.306 e. The Morgan fingerprint density at radius 1 is 0.348 bits per heavy atom. The van der Waals surface area contributed by atoms with Gasteiger partial charge in [0.25, 0.3) is 7.82 Å². The van der Waals surface area contributed by atoms with Crippen molar-refractivity contribution in [1.29, 1.82) is 0 Å². The van der Waals surface area contributed by atoms with Crippen LogP contribution in [0, 0.1) is 0 Å². The van der Waals surface area contributed by atoms with Crippen molar-refractivity contribution in [3.63, 3.8) is 0 Å². The van der Waals surface area contributed by atoms with Crippen LogP contribution in [0.2, 0.25) is 0 Å². The molecule has 9 nitrogen and oxygen atoms in total. The number of nitrogens with zero attached hydrogens (tertiary/aromatic N) is 1. The van der Waals surface area contributed by atoms with Gasteiger partial charge in [-0.25, -0.2) is 0 Å². The molecule has 0 aromatic carbocycles. The first kappa shape index (κ1) is 88.9. The summed E-state index contributed by atoms with van der Waals surface area (Å²) in [5.41, 5.74) is 0. The number of unbranched alkanes of at least 4 members (excludes halogenated alkanes) is 42. The first-order valence-electron chi connectivity index (χ1n) is 38.9. The van der Waals surface area contributed by atoms with E-state index in [0.717, 1.165) is 83.5 Å². The number of allylic oxidation sites excluding steroid dienone is 16. The Kier molecular flexibility index (Phi) is 69.8. The van der Waals surface area contributed by atoms with Gasteiger partial charge in [0.15, 0.2) is 6.10 Å². The summed E-state index contributed by atoms with van der Waals surface area (Å²) in [5, 5.41) is 0. The van der Waals surface area contributed by atoms with E-state index in [1.54, 1.807) is 0 Å². The van der Waals surface area contributed by atoms with Crippen molar-refractivity contribution < 1.29 is 42.1 Å². The standard InChI is InChI=1S/C82H148NO8P/c1-6-8-10-12-14-16-18-20-22-24-26-28-30-32-34-36-38-40-41-43-45-47-49-51-53-55-57-59-61-63-65-67-69-71-73-75-82(85)91-80(79-90-92(86,87)89-77-76-83(3,4)5)78-88-81(84)74-72-70-68-66-64-62-60-58-56-54-52-50-48-46-44-42-39-37-35-33-31-29-27-25-23-21-19-17-15-13-11-9-7-2/h8,10,14,16,19-22,25-28,31-34,80H,6-7,9,11-13,15,17-18,23-24,29-30,35-79H2,1-5H3/b10-8-,16-14-,21-19-,22-20-,27-25-,28-26-,33-31-,34-32-. The fourth-order valence-corrected chi connectivity index (χ4v) is 11.9. The molecule has 0 fully saturated rings. The number of carbonyl (C=O) groups excluding carboxylic acids is 2. The topological polar surface area (TPSA) is 111 Å². The fraction of sp³-hybridized carbons (Fsp3) is 0.780. The summed E-state index contributed by atoms with van der Waals surface area (Å²) in [6, 6.07) is 0. The van der Waals surface area contributed by atoms with E-state index in [2.05, 4.69) is 111 Å². The van der Waals surface area contributed by atoms with Crippen molar-refractivity contribution in [2.24, 2.45) is 0 Å². The summed E-state index contributed by atoms with van der Waals surface area (Å²) in [5.74, 6) is -0.818. The molecular weight excluding hydrogens is 1160 g/mol. The van der Waals surface area contributed by atoms with Gasteiger partial charge in [-0.3, -0.25) is 14.2 Å². The molecule has 10 heteroatoms. The van der Waals surface area contributed by atoms with Gasteiger partial charge in [-0.2, -0.15) is 0 Å². The Labute approximate surface area is 570 Å². The number of rotatable bonds is 72. The lowest BCUT2D eigenvalue weighted by atomic mass is 10.0. The molecule has 0 N–H and O–H groups in total. The van der Waals surface area contributed by atoms with Crippen LogP contribution in [0.3, 0.4) is 0 Å². The zero-order valence-electron chi connectivity index (χ0n) is 61.0. The van der Waals surface area contributed by atoms with E-state index in [4.69, 9.17) is 18.5 Å². The number of phosphoric acid groups is 1. The van der Waals surface area contributed by atoms with Crippen molar-refractivity contribution in [1.82, 2.24) is 0 Å². The number of phosphoric ester groups is 1. The molecule has 2 unspecified atom stereocenters. The SMILES string of the molecule is CC/C=C\C/C=C\C/C=C\C/C=C\C/C=C\CCCCCCCCCCCCCCCCCCCCCC(=O)OC(COC(=O)CCCCCCCCCCCCCCCCCCCC/C=C\C/C=C\C/C=C\CCCCCCC)COP(=O)([O-])OCC[N+](C)(C)C. The van der Waals surface area contributed by atoms with Gasteiger partial charge in [0, 0.05) is 12.8 Å².